The monoisotopic (exact) mass is 228 g/mol. The van der Waals surface area contributed by atoms with Crippen molar-refractivity contribution in [1.29, 1.82) is 0 Å². The van der Waals surface area contributed by atoms with Crippen LogP contribution in [0.25, 0.3) is 0 Å². The lowest BCUT2D eigenvalue weighted by atomic mass is 10.2. The summed E-state index contributed by atoms with van der Waals surface area (Å²) in [6.45, 7) is 14.1. The van der Waals surface area contributed by atoms with Crippen LogP contribution in [0.2, 0.25) is 0 Å². The molecule has 0 fully saturated rings. The van der Waals surface area contributed by atoms with Crippen LogP contribution in [0.4, 0.5) is 0 Å². The van der Waals surface area contributed by atoms with Crippen molar-refractivity contribution in [2.75, 3.05) is 14.2 Å². The molecule has 0 aliphatic carbocycles. The van der Waals surface area contributed by atoms with Crippen LogP contribution in [-0.4, -0.2) is 14.2 Å². The van der Waals surface area contributed by atoms with Crippen molar-refractivity contribution in [3.05, 3.63) is 35.9 Å². The fraction of sp³-hybridized carbons (Fsp3) is 0.600. The molecule has 0 radical (unpaired) electrons. The van der Waals surface area contributed by atoms with Crippen LogP contribution in [0.3, 0.4) is 0 Å². The van der Waals surface area contributed by atoms with Crippen LogP contribution in [0.5, 0.6) is 0 Å². The quantitative estimate of drug-likeness (QED) is 0.582. The lowest BCUT2D eigenvalue weighted by Gasteiger charge is -1.82. The van der Waals surface area contributed by atoms with E-state index in [0.29, 0.717) is 0 Å². The molecule has 1 aromatic carbocycles. The molecule has 98 valence electrons. The number of hydrogen-bond donors (Lipinski definition) is 0. The Morgan fingerprint density at radius 1 is 0.688 bits per heavy atom. The van der Waals surface area contributed by atoms with Crippen LogP contribution < -0.4 is 0 Å². The minimum absolute atomic E-state index is 1.32. The molecule has 0 aromatic heterocycles. The molecular weight excluding hydrogens is 196 g/mol. The summed E-state index contributed by atoms with van der Waals surface area (Å²) in [5, 5.41) is 0. The minimum Gasteiger partial charge on any atom is -0.388 e. The first-order valence-corrected chi connectivity index (χ1v) is 6.23. The van der Waals surface area contributed by atoms with E-state index in [4.69, 9.17) is 0 Å². The second kappa shape index (κ2) is 36.8. The maximum absolute atomic E-state index is 4.25. The van der Waals surface area contributed by atoms with Crippen molar-refractivity contribution in [3.63, 3.8) is 0 Å². The van der Waals surface area contributed by atoms with E-state index < -0.39 is 0 Å². The van der Waals surface area contributed by atoms with E-state index in [9.17, 15) is 0 Å². The number of methoxy groups -OCH3 is 1. The van der Waals surface area contributed by atoms with Gasteiger partial charge < -0.3 is 4.74 Å². The fourth-order valence-corrected chi connectivity index (χ4v) is 0.534. The maximum Gasteiger partial charge on any atom is 0.0351 e. The van der Waals surface area contributed by atoms with E-state index in [2.05, 4.69) is 23.8 Å². The Morgan fingerprint density at radius 2 is 0.938 bits per heavy atom. The van der Waals surface area contributed by atoms with Gasteiger partial charge in [0.1, 0.15) is 0 Å². The molecular formula is C15H32O. The van der Waals surface area contributed by atoms with Gasteiger partial charge in [0.05, 0.1) is 0 Å². The average Bonchev–Trinajstić information content (AvgIpc) is 2.38. The molecule has 0 amide bonds. The molecule has 0 saturated heterocycles. The van der Waals surface area contributed by atoms with Crippen LogP contribution >= 0.6 is 0 Å². The third-order valence-electron chi connectivity index (χ3n) is 0.940. The Kier molecular flexibility index (Phi) is 56.2. The standard InChI is InChI=1S/C7H8.C2H6O.3C2H6/c1-7-5-3-2-4-6-7;1-3-2;3*1-2/h2-6H,1H3;1-2H3;3*1-2H3. The average molecular weight is 228 g/mol. The van der Waals surface area contributed by atoms with Crippen LogP contribution in [0.15, 0.2) is 30.3 Å². The predicted octanol–water partition coefficient (Wildman–Crippen LogP) is 5.34. The largest absolute Gasteiger partial charge is 0.388 e. The maximum atomic E-state index is 4.25. The SMILES string of the molecule is CC.CC.CC.COC.Cc1ccccc1. The highest BCUT2D eigenvalue weighted by Crippen LogP contribution is 1.92. The molecule has 0 spiro atoms. The van der Waals surface area contributed by atoms with E-state index in [-0.39, 0.29) is 0 Å². The van der Waals surface area contributed by atoms with E-state index in [1.165, 1.54) is 5.56 Å². The second-order valence-electron chi connectivity index (χ2n) is 2.06. The Bertz CT molecular complexity index is 147. The molecule has 1 aromatic rings. The van der Waals surface area contributed by atoms with E-state index >= 15 is 0 Å². The zero-order valence-electron chi connectivity index (χ0n) is 12.8. The summed E-state index contributed by atoms with van der Waals surface area (Å²) in [7, 11) is 3.25. The summed E-state index contributed by atoms with van der Waals surface area (Å²) in [4.78, 5) is 0. The normalized spacial score (nSPS) is 6.06. The molecule has 0 bridgehead atoms. The summed E-state index contributed by atoms with van der Waals surface area (Å²) in [6.07, 6.45) is 0. The van der Waals surface area contributed by atoms with Gasteiger partial charge in [-0.05, 0) is 6.92 Å². The fourth-order valence-electron chi connectivity index (χ4n) is 0.534. The first-order valence-electron chi connectivity index (χ1n) is 6.23. The highest BCUT2D eigenvalue weighted by Gasteiger charge is 1.72. The van der Waals surface area contributed by atoms with Crippen molar-refractivity contribution < 1.29 is 4.74 Å². The van der Waals surface area contributed by atoms with E-state index in [0.717, 1.165) is 0 Å². The van der Waals surface area contributed by atoms with Gasteiger partial charge in [-0.3, -0.25) is 0 Å². The van der Waals surface area contributed by atoms with Crippen LogP contribution in [0, 0.1) is 6.92 Å². The third-order valence-corrected chi connectivity index (χ3v) is 0.940. The van der Waals surface area contributed by atoms with Gasteiger partial charge in [0, 0.05) is 14.2 Å². The summed E-state index contributed by atoms with van der Waals surface area (Å²) >= 11 is 0. The Morgan fingerprint density at radius 3 is 1.06 bits per heavy atom. The van der Waals surface area contributed by atoms with Crippen LogP contribution in [0.1, 0.15) is 47.1 Å². The number of hydrogen-bond acceptors (Lipinski definition) is 1. The van der Waals surface area contributed by atoms with Crippen molar-refractivity contribution in [2.45, 2.75) is 48.5 Å². The lowest BCUT2D eigenvalue weighted by Crippen LogP contribution is -1.62. The molecule has 0 unspecified atom stereocenters. The Balaban J connectivity index is -0.0000000688. The topological polar surface area (TPSA) is 9.23 Å². The smallest absolute Gasteiger partial charge is 0.0351 e. The van der Waals surface area contributed by atoms with Crippen LogP contribution in [-0.2, 0) is 4.74 Å². The molecule has 0 aliphatic heterocycles. The molecule has 1 heteroatoms. The van der Waals surface area contributed by atoms with E-state index in [1.54, 1.807) is 14.2 Å². The summed E-state index contributed by atoms with van der Waals surface area (Å²) < 4.78 is 4.25. The molecule has 0 heterocycles. The van der Waals surface area contributed by atoms with Gasteiger partial charge in [0.15, 0.2) is 0 Å². The predicted molar refractivity (Wildman–Crippen MR) is 78.2 cm³/mol. The first kappa shape index (κ1) is 24.4. The molecule has 16 heavy (non-hydrogen) atoms. The Hall–Kier alpha value is -0.820. The third kappa shape index (κ3) is 37.9. The van der Waals surface area contributed by atoms with Gasteiger partial charge in [-0.1, -0.05) is 77.4 Å². The number of benzene rings is 1. The zero-order chi connectivity index (χ0) is 13.8. The number of ether oxygens (including phenoxy) is 1. The van der Waals surface area contributed by atoms with Gasteiger partial charge in [0.2, 0.25) is 0 Å². The van der Waals surface area contributed by atoms with Gasteiger partial charge in [-0.25, -0.2) is 0 Å². The molecule has 0 atom stereocenters. The minimum atomic E-state index is 1.32. The van der Waals surface area contributed by atoms with E-state index in [1.807, 2.05) is 59.7 Å². The lowest BCUT2D eigenvalue weighted by molar-refractivity contribution is 0.277. The van der Waals surface area contributed by atoms with Gasteiger partial charge in [0.25, 0.3) is 0 Å². The molecule has 0 N–H and O–H groups in total. The van der Waals surface area contributed by atoms with Crippen molar-refractivity contribution >= 4 is 0 Å². The van der Waals surface area contributed by atoms with Gasteiger partial charge in [-0.15, -0.1) is 0 Å². The second-order valence-corrected chi connectivity index (χ2v) is 2.06. The highest BCUT2D eigenvalue weighted by molar-refractivity contribution is 5.11. The summed E-state index contributed by atoms with van der Waals surface area (Å²) in [5.74, 6) is 0. The summed E-state index contributed by atoms with van der Waals surface area (Å²) in [6, 6.07) is 10.3. The molecule has 0 saturated carbocycles. The number of rotatable bonds is 0. The van der Waals surface area contributed by atoms with Crippen molar-refractivity contribution in [2.24, 2.45) is 0 Å². The first-order chi connectivity index (χ1) is 7.81. The van der Waals surface area contributed by atoms with Gasteiger partial charge >= 0.3 is 0 Å². The van der Waals surface area contributed by atoms with Gasteiger partial charge in [-0.2, -0.15) is 0 Å². The molecule has 1 rings (SSSR count). The highest BCUT2D eigenvalue weighted by atomic mass is 16.4. The number of aryl methyl sites for hydroxylation is 1. The Labute approximate surface area is 104 Å². The summed E-state index contributed by atoms with van der Waals surface area (Å²) in [5.41, 5.74) is 1.32. The zero-order valence-corrected chi connectivity index (χ0v) is 12.8. The molecule has 1 nitrogen and oxygen atoms in total. The van der Waals surface area contributed by atoms with Crippen molar-refractivity contribution in [3.8, 4) is 0 Å². The molecule has 0 aliphatic rings. The van der Waals surface area contributed by atoms with Crippen molar-refractivity contribution in [1.82, 2.24) is 0 Å².